The lowest BCUT2D eigenvalue weighted by Gasteiger charge is -2.25. The zero-order valence-corrected chi connectivity index (χ0v) is 12.2. The van der Waals surface area contributed by atoms with Gasteiger partial charge in [-0.05, 0) is 24.7 Å². The molecule has 0 aromatic heterocycles. The summed E-state index contributed by atoms with van der Waals surface area (Å²) >= 11 is 0. The van der Waals surface area contributed by atoms with Gasteiger partial charge in [0.25, 0.3) is 0 Å². The van der Waals surface area contributed by atoms with Gasteiger partial charge in [0.1, 0.15) is 0 Å². The molecular weight excluding hydrogens is 244 g/mol. The van der Waals surface area contributed by atoms with Gasteiger partial charge in [0.05, 0.1) is 0 Å². The van der Waals surface area contributed by atoms with Crippen molar-refractivity contribution in [1.29, 1.82) is 0 Å². The molecular formula is C14H26N2O3. The van der Waals surface area contributed by atoms with Crippen molar-refractivity contribution in [3.8, 4) is 0 Å². The Hall–Kier alpha value is -1.26. The summed E-state index contributed by atoms with van der Waals surface area (Å²) in [5.74, 6) is -0.337. The number of hydrogen-bond donors (Lipinski definition) is 2. The Morgan fingerprint density at radius 1 is 1.37 bits per heavy atom. The highest BCUT2D eigenvalue weighted by atomic mass is 16.4. The van der Waals surface area contributed by atoms with Gasteiger partial charge in [0.15, 0.2) is 0 Å². The van der Waals surface area contributed by atoms with Crippen molar-refractivity contribution in [3.05, 3.63) is 0 Å². The van der Waals surface area contributed by atoms with Gasteiger partial charge >= 0.3 is 12.0 Å². The first-order valence-electron chi connectivity index (χ1n) is 7.20. The summed E-state index contributed by atoms with van der Waals surface area (Å²) < 4.78 is 0. The van der Waals surface area contributed by atoms with E-state index in [4.69, 9.17) is 5.11 Å². The van der Waals surface area contributed by atoms with Crippen LogP contribution in [0, 0.1) is 11.8 Å². The molecule has 1 fully saturated rings. The summed E-state index contributed by atoms with van der Waals surface area (Å²) in [5, 5.41) is 11.7. The van der Waals surface area contributed by atoms with Crippen molar-refractivity contribution < 1.29 is 14.7 Å². The summed E-state index contributed by atoms with van der Waals surface area (Å²) in [6.07, 6.45) is 3.06. The average molecular weight is 270 g/mol. The normalized spacial score (nSPS) is 16.2. The quantitative estimate of drug-likeness (QED) is 0.711. The first kappa shape index (κ1) is 15.8. The minimum absolute atomic E-state index is 0.0153. The fraction of sp³-hybridized carbons (Fsp3) is 0.857. The largest absolute Gasteiger partial charge is 0.481 e. The van der Waals surface area contributed by atoms with E-state index in [1.165, 1.54) is 0 Å². The van der Waals surface area contributed by atoms with Crippen LogP contribution in [0.4, 0.5) is 4.79 Å². The number of carboxylic acids is 1. The molecule has 1 atom stereocenters. The molecule has 1 aliphatic carbocycles. The van der Waals surface area contributed by atoms with Gasteiger partial charge in [-0.25, -0.2) is 4.79 Å². The number of carbonyl (C=O) groups excluding carboxylic acids is 1. The van der Waals surface area contributed by atoms with E-state index < -0.39 is 5.97 Å². The van der Waals surface area contributed by atoms with E-state index in [9.17, 15) is 9.59 Å². The number of hydrogen-bond acceptors (Lipinski definition) is 2. The minimum Gasteiger partial charge on any atom is -0.481 e. The smallest absolute Gasteiger partial charge is 0.317 e. The number of rotatable bonds is 8. The van der Waals surface area contributed by atoms with Crippen LogP contribution in [0.3, 0.4) is 0 Å². The fourth-order valence-electron chi connectivity index (χ4n) is 2.12. The van der Waals surface area contributed by atoms with Crippen molar-refractivity contribution >= 4 is 12.0 Å². The third kappa shape index (κ3) is 5.94. The summed E-state index contributed by atoms with van der Waals surface area (Å²) in [6.45, 7) is 7.37. The van der Waals surface area contributed by atoms with E-state index >= 15 is 0 Å². The predicted octanol–water partition coefficient (Wildman–Crippen LogP) is 2.32. The third-order valence-electron chi connectivity index (χ3n) is 3.39. The SMILES string of the molecule is CCC(CNC(=O)N(CC(C)C)C1CC1)CC(=O)O. The van der Waals surface area contributed by atoms with Crippen LogP contribution in [0.2, 0.25) is 0 Å². The number of aliphatic carboxylic acids is 1. The van der Waals surface area contributed by atoms with E-state index in [0.717, 1.165) is 25.8 Å². The van der Waals surface area contributed by atoms with Gasteiger partial charge in [-0.2, -0.15) is 0 Å². The third-order valence-corrected chi connectivity index (χ3v) is 3.39. The summed E-state index contributed by atoms with van der Waals surface area (Å²) in [7, 11) is 0. The number of carbonyl (C=O) groups is 2. The molecule has 2 N–H and O–H groups in total. The number of nitrogens with zero attached hydrogens (tertiary/aromatic N) is 1. The maximum absolute atomic E-state index is 12.1. The molecule has 0 aromatic carbocycles. The van der Waals surface area contributed by atoms with Crippen LogP contribution in [0.25, 0.3) is 0 Å². The van der Waals surface area contributed by atoms with E-state index in [0.29, 0.717) is 18.5 Å². The standard InChI is InChI=1S/C14H26N2O3/c1-4-11(7-13(17)18)8-15-14(19)16(9-10(2)3)12-5-6-12/h10-12H,4-9H2,1-3H3,(H,15,19)(H,17,18). The maximum Gasteiger partial charge on any atom is 0.317 e. The second kappa shape index (κ2) is 7.36. The molecule has 1 saturated carbocycles. The number of amides is 2. The Morgan fingerprint density at radius 2 is 2.00 bits per heavy atom. The van der Waals surface area contributed by atoms with Crippen LogP contribution in [-0.2, 0) is 4.79 Å². The van der Waals surface area contributed by atoms with Crippen molar-refractivity contribution in [3.63, 3.8) is 0 Å². The highest BCUT2D eigenvalue weighted by Crippen LogP contribution is 2.27. The first-order chi connectivity index (χ1) is 8.93. The number of nitrogens with one attached hydrogen (secondary N) is 1. The summed E-state index contributed by atoms with van der Waals surface area (Å²) in [4.78, 5) is 24.7. The Morgan fingerprint density at radius 3 is 2.42 bits per heavy atom. The maximum atomic E-state index is 12.1. The minimum atomic E-state index is -0.803. The van der Waals surface area contributed by atoms with Crippen LogP contribution >= 0.6 is 0 Å². The molecule has 0 bridgehead atoms. The summed E-state index contributed by atoms with van der Waals surface area (Å²) in [6, 6.07) is 0.349. The second-order valence-electron chi connectivity index (χ2n) is 5.84. The molecule has 0 spiro atoms. The monoisotopic (exact) mass is 270 g/mol. The zero-order chi connectivity index (χ0) is 14.4. The van der Waals surface area contributed by atoms with Gasteiger partial charge in [0, 0.05) is 25.6 Å². The molecule has 5 nitrogen and oxygen atoms in total. The van der Waals surface area contributed by atoms with Crippen molar-refractivity contribution in [2.24, 2.45) is 11.8 Å². The molecule has 0 saturated heterocycles. The van der Waals surface area contributed by atoms with Gasteiger partial charge in [-0.15, -0.1) is 0 Å². The van der Waals surface area contributed by atoms with Crippen LogP contribution in [0.5, 0.6) is 0 Å². The number of carboxylic acid groups (broad SMARTS) is 1. The van der Waals surface area contributed by atoms with E-state index in [2.05, 4.69) is 19.2 Å². The highest BCUT2D eigenvalue weighted by molar-refractivity contribution is 5.75. The zero-order valence-electron chi connectivity index (χ0n) is 12.2. The van der Waals surface area contributed by atoms with Crippen molar-refractivity contribution in [1.82, 2.24) is 10.2 Å². The van der Waals surface area contributed by atoms with Crippen molar-refractivity contribution in [2.45, 2.75) is 52.5 Å². The van der Waals surface area contributed by atoms with Gasteiger partial charge in [0.2, 0.25) is 0 Å². The van der Waals surface area contributed by atoms with Crippen LogP contribution in [0.15, 0.2) is 0 Å². The second-order valence-corrected chi connectivity index (χ2v) is 5.84. The lowest BCUT2D eigenvalue weighted by Crippen LogP contribution is -2.44. The number of urea groups is 1. The van der Waals surface area contributed by atoms with E-state index in [1.54, 1.807) is 0 Å². The van der Waals surface area contributed by atoms with Gasteiger partial charge in [-0.1, -0.05) is 27.2 Å². The Kier molecular flexibility index (Phi) is 6.12. The van der Waals surface area contributed by atoms with Gasteiger partial charge < -0.3 is 15.3 Å². The van der Waals surface area contributed by atoms with Crippen LogP contribution < -0.4 is 5.32 Å². The molecule has 2 amide bonds. The van der Waals surface area contributed by atoms with E-state index in [1.807, 2.05) is 11.8 Å². The predicted molar refractivity (Wildman–Crippen MR) is 74.0 cm³/mol. The Bertz CT molecular complexity index is 314. The topological polar surface area (TPSA) is 69.6 Å². The molecule has 1 aliphatic rings. The van der Waals surface area contributed by atoms with Gasteiger partial charge in [-0.3, -0.25) is 4.79 Å². The molecule has 110 valence electrons. The molecule has 5 heteroatoms. The highest BCUT2D eigenvalue weighted by Gasteiger charge is 2.32. The summed E-state index contributed by atoms with van der Waals surface area (Å²) in [5.41, 5.74) is 0. The van der Waals surface area contributed by atoms with E-state index in [-0.39, 0.29) is 18.4 Å². The Balaban J connectivity index is 2.40. The lowest BCUT2D eigenvalue weighted by molar-refractivity contribution is -0.138. The molecule has 0 aromatic rings. The molecule has 1 unspecified atom stereocenters. The average Bonchev–Trinajstić information content (AvgIpc) is 3.14. The first-order valence-corrected chi connectivity index (χ1v) is 7.20. The molecule has 19 heavy (non-hydrogen) atoms. The van der Waals surface area contributed by atoms with Crippen molar-refractivity contribution in [2.75, 3.05) is 13.1 Å². The molecule has 0 heterocycles. The molecule has 1 rings (SSSR count). The molecule has 0 radical (unpaired) electrons. The molecule has 0 aliphatic heterocycles. The lowest BCUT2D eigenvalue weighted by atomic mass is 10.0. The van der Waals surface area contributed by atoms with Crippen LogP contribution in [-0.4, -0.2) is 41.1 Å². The van der Waals surface area contributed by atoms with Crippen LogP contribution in [0.1, 0.15) is 46.5 Å². The fourth-order valence-corrected chi connectivity index (χ4v) is 2.12. The Labute approximate surface area is 115 Å².